The molecule has 0 aromatic rings. The molecule has 1 aliphatic heterocycles. The minimum atomic E-state index is -1.10. The number of rotatable bonds is 5. The number of carbonyl (C=O) groups is 4. The summed E-state index contributed by atoms with van der Waals surface area (Å²) in [7, 11) is 0. The Balaban J connectivity index is 2.70. The summed E-state index contributed by atoms with van der Waals surface area (Å²) in [5.74, 6) is -2.38. The molecule has 26 heavy (non-hydrogen) atoms. The van der Waals surface area contributed by atoms with Gasteiger partial charge in [-0.15, -0.1) is 0 Å². The van der Waals surface area contributed by atoms with Gasteiger partial charge in [0, 0.05) is 6.54 Å². The molecule has 0 bridgehead atoms. The van der Waals surface area contributed by atoms with Gasteiger partial charge in [0.25, 0.3) is 5.91 Å². The van der Waals surface area contributed by atoms with Crippen LogP contribution in [0.4, 0.5) is 4.79 Å². The predicted octanol–water partition coefficient (Wildman–Crippen LogP) is -0.0164. The summed E-state index contributed by atoms with van der Waals surface area (Å²) in [6.07, 6.45) is -0.716. The maximum absolute atomic E-state index is 12.5. The lowest BCUT2D eigenvalue weighted by molar-refractivity contribution is -0.142. The molecule has 2 unspecified atom stereocenters. The smallest absolute Gasteiger partial charge is 0.407 e. The van der Waals surface area contributed by atoms with Crippen LogP contribution in [0.25, 0.3) is 0 Å². The van der Waals surface area contributed by atoms with E-state index in [4.69, 9.17) is 9.47 Å². The Morgan fingerprint density at radius 1 is 1.31 bits per heavy atom. The Kier molecular flexibility index (Phi) is 8.01. The van der Waals surface area contributed by atoms with Crippen LogP contribution in [0.2, 0.25) is 0 Å². The summed E-state index contributed by atoms with van der Waals surface area (Å²) in [6, 6.07) is -2.01. The fourth-order valence-electron chi connectivity index (χ4n) is 2.11. The van der Waals surface area contributed by atoms with Crippen molar-refractivity contribution in [2.45, 2.75) is 46.7 Å². The molecular formula is C17H29N3O6. The molecule has 0 spiro atoms. The van der Waals surface area contributed by atoms with E-state index >= 15 is 0 Å². The standard InChI is InChI=1S/C17H29N3O6/c1-10(2)12(20-16(24)26-9-17(3,4)5)14(22)19-11-8-25-7-6-18-15(23)13(11)21/h10-12H,6-9H2,1-5H3,(H,18,23)(H,19,22)(H,20,24). The predicted molar refractivity (Wildman–Crippen MR) is 93.3 cm³/mol. The molecule has 0 saturated carbocycles. The molecule has 9 nitrogen and oxygen atoms in total. The van der Waals surface area contributed by atoms with E-state index in [0.717, 1.165) is 0 Å². The average molecular weight is 371 g/mol. The first-order valence-electron chi connectivity index (χ1n) is 8.64. The summed E-state index contributed by atoms with van der Waals surface area (Å²) in [5, 5.41) is 7.39. The largest absolute Gasteiger partial charge is 0.449 e. The van der Waals surface area contributed by atoms with Crippen molar-refractivity contribution in [2.24, 2.45) is 11.3 Å². The molecule has 3 amide bonds. The third-order valence-corrected chi connectivity index (χ3v) is 3.53. The first kappa shape index (κ1) is 21.9. The number of nitrogens with one attached hydrogen (secondary N) is 3. The highest BCUT2D eigenvalue weighted by atomic mass is 16.5. The molecule has 0 aromatic carbocycles. The van der Waals surface area contributed by atoms with E-state index in [9.17, 15) is 19.2 Å². The second kappa shape index (κ2) is 9.51. The first-order chi connectivity index (χ1) is 12.0. The number of carbonyl (C=O) groups excluding carboxylic acids is 4. The Morgan fingerprint density at radius 2 is 1.96 bits per heavy atom. The molecule has 9 heteroatoms. The van der Waals surface area contributed by atoms with Crippen molar-refractivity contribution in [3.8, 4) is 0 Å². The lowest BCUT2D eigenvalue weighted by Crippen LogP contribution is -2.57. The molecule has 2 atom stereocenters. The van der Waals surface area contributed by atoms with E-state index in [1.54, 1.807) is 13.8 Å². The number of hydrogen-bond donors (Lipinski definition) is 3. The molecule has 1 rings (SSSR count). The summed E-state index contributed by atoms with van der Waals surface area (Å²) in [4.78, 5) is 48.2. The van der Waals surface area contributed by atoms with Gasteiger partial charge in [-0.2, -0.15) is 0 Å². The summed E-state index contributed by atoms with van der Waals surface area (Å²) >= 11 is 0. The van der Waals surface area contributed by atoms with Crippen LogP contribution in [0.5, 0.6) is 0 Å². The number of amides is 3. The third kappa shape index (κ3) is 7.38. The third-order valence-electron chi connectivity index (χ3n) is 3.53. The lowest BCUT2D eigenvalue weighted by Gasteiger charge is -2.26. The van der Waals surface area contributed by atoms with E-state index in [-0.39, 0.29) is 37.7 Å². The highest BCUT2D eigenvalue weighted by Gasteiger charge is 2.32. The molecule has 0 aliphatic carbocycles. The molecule has 0 aromatic heterocycles. The van der Waals surface area contributed by atoms with Gasteiger partial charge in [-0.25, -0.2) is 4.79 Å². The van der Waals surface area contributed by atoms with Crippen LogP contribution in [-0.2, 0) is 23.9 Å². The molecule has 1 heterocycles. The van der Waals surface area contributed by atoms with Crippen LogP contribution >= 0.6 is 0 Å². The molecule has 0 radical (unpaired) electrons. The van der Waals surface area contributed by atoms with Gasteiger partial charge >= 0.3 is 6.09 Å². The van der Waals surface area contributed by atoms with Crippen LogP contribution in [0.15, 0.2) is 0 Å². The van der Waals surface area contributed by atoms with Gasteiger partial charge in [-0.05, 0) is 11.3 Å². The minimum absolute atomic E-state index is 0.0999. The molecular weight excluding hydrogens is 342 g/mol. The first-order valence-corrected chi connectivity index (χ1v) is 8.64. The molecule has 1 fully saturated rings. The van der Waals surface area contributed by atoms with Gasteiger partial charge in [-0.3, -0.25) is 14.4 Å². The Hall–Kier alpha value is -2.16. The quantitative estimate of drug-likeness (QED) is 0.584. The topological polar surface area (TPSA) is 123 Å². The van der Waals surface area contributed by atoms with E-state index in [0.29, 0.717) is 0 Å². The highest BCUT2D eigenvalue weighted by Crippen LogP contribution is 2.13. The molecule has 3 N–H and O–H groups in total. The SMILES string of the molecule is CC(C)C(NC(=O)OCC(C)(C)C)C(=O)NC1COCCNC(=O)C1=O. The highest BCUT2D eigenvalue weighted by molar-refractivity contribution is 6.38. The minimum Gasteiger partial charge on any atom is -0.449 e. The summed E-state index contributed by atoms with van der Waals surface area (Å²) in [6.45, 7) is 9.82. The van der Waals surface area contributed by atoms with Crippen molar-refractivity contribution < 1.29 is 28.7 Å². The monoisotopic (exact) mass is 371 g/mol. The van der Waals surface area contributed by atoms with Crippen LogP contribution in [0, 0.1) is 11.3 Å². The fourth-order valence-corrected chi connectivity index (χ4v) is 2.11. The second-order valence-corrected chi connectivity index (χ2v) is 7.76. The van der Waals surface area contributed by atoms with Crippen molar-refractivity contribution >= 4 is 23.7 Å². The average Bonchev–Trinajstić information content (AvgIpc) is 2.53. The van der Waals surface area contributed by atoms with Gasteiger partial charge in [-0.1, -0.05) is 34.6 Å². The number of hydrogen-bond acceptors (Lipinski definition) is 6. The maximum Gasteiger partial charge on any atom is 0.407 e. The molecule has 1 saturated heterocycles. The Bertz CT molecular complexity index is 541. The van der Waals surface area contributed by atoms with Gasteiger partial charge in [0.05, 0.1) is 19.8 Å². The maximum atomic E-state index is 12.5. The van der Waals surface area contributed by atoms with Crippen molar-refractivity contribution in [3.63, 3.8) is 0 Å². The van der Waals surface area contributed by atoms with Crippen LogP contribution in [0.1, 0.15) is 34.6 Å². The van der Waals surface area contributed by atoms with Gasteiger partial charge in [0.1, 0.15) is 12.1 Å². The zero-order chi connectivity index (χ0) is 19.9. The van der Waals surface area contributed by atoms with Crippen LogP contribution in [-0.4, -0.2) is 62.1 Å². The van der Waals surface area contributed by atoms with Crippen LogP contribution in [0.3, 0.4) is 0 Å². The normalized spacial score (nSPS) is 19.8. The summed E-state index contributed by atoms with van der Waals surface area (Å²) < 4.78 is 10.4. The van der Waals surface area contributed by atoms with E-state index in [1.807, 2.05) is 20.8 Å². The molecule has 1 aliphatic rings. The van der Waals surface area contributed by atoms with Gasteiger partial charge in [0.2, 0.25) is 11.7 Å². The van der Waals surface area contributed by atoms with E-state index in [1.165, 1.54) is 0 Å². The van der Waals surface area contributed by atoms with E-state index in [2.05, 4.69) is 16.0 Å². The number of ether oxygens (including phenoxy) is 2. The Labute approximate surface area is 153 Å². The second-order valence-electron chi connectivity index (χ2n) is 7.76. The fraction of sp³-hybridized carbons (Fsp3) is 0.765. The zero-order valence-electron chi connectivity index (χ0n) is 16.0. The van der Waals surface area contributed by atoms with Crippen molar-refractivity contribution in [3.05, 3.63) is 0 Å². The summed E-state index contributed by atoms with van der Waals surface area (Å²) in [5.41, 5.74) is -0.205. The van der Waals surface area contributed by atoms with Crippen molar-refractivity contribution in [2.75, 3.05) is 26.4 Å². The van der Waals surface area contributed by atoms with Gasteiger partial charge < -0.3 is 25.4 Å². The van der Waals surface area contributed by atoms with E-state index < -0.39 is 35.8 Å². The van der Waals surface area contributed by atoms with Crippen LogP contribution < -0.4 is 16.0 Å². The van der Waals surface area contributed by atoms with Gasteiger partial charge in [0.15, 0.2) is 0 Å². The lowest BCUT2D eigenvalue weighted by atomic mass is 9.99. The van der Waals surface area contributed by atoms with Crippen molar-refractivity contribution in [1.29, 1.82) is 0 Å². The zero-order valence-corrected chi connectivity index (χ0v) is 16.0. The molecule has 148 valence electrons. The number of alkyl carbamates (subject to hydrolysis) is 1. The number of ketones is 1. The van der Waals surface area contributed by atoms with Crippen molar-refractivity contribution in [1.82, 2.24) is 16.0 Å². The Morgan fingerprint density at radius 3 is 2.54 bits per heavy atom. The number of Topliss-reactive ketones (excluding diaryl/α,β-unsaturated/α-hetero) is 1.